The predicted octanol–water partition coefficient (Wildman–Crippen LogP) is 9.03. The molecule has 0 amide bonds. The number of hydrogen-bond donors (Lipinski definition) is 0. The second-order valence-corrected chi connectivity index (χ2v) is 17.4. The van der Waals surface area contributed by atoms with Crippen LogP contribution in [0, 0.1) is 55.4 Å². The Balaban J connectivity index is 1.73. The van der Waals surface area contributed by atoms with E-state index in [1.165, 1.54) is 70.2 Å². The van der Waals surface area contributed by atoms with Crippen LogP contribution < -0.4 is 21.2 Å². The summed E-state index contributed by atoms with van der Waals surface area (Å²) in [5.41, 5.74) is 12.5. The SMILES string of the molecule is Cc1cc(C)cc(P(c2cc(C)cc(C)c2)[C@H]2CCCC[C@@H]2P(c2cc(C)cc(C)c2)c2cc(C)cc(C)c2)c1. The van der Waals surface area contributed by atoms with E-state index in [1.807, 2.05) is 0 Å². The highest BCUT2D eigenvalue weighted by atomic mass is 31.1. The molecule has 5 rings (SSSR count). The minimum atomic E-state index is -0.501. The van der Waals surface area contributed by atoms with Crippen LogP contribution in [-0.2, 0) is 0 Å². The van der Waals surface area contributed by atoms with Crippen LogP contribution in [0.15, 0.2) is 72.8 Å². The lowest BCUT2D eigenvalue weighted by atomic mass is 9.99. The highest BCUT2D eigenvalue weighted by Crippen LogP contribution is 2.57. The molecule has 0 bridgehead atoms. The fourth-order valence-corrected chi connectivity index (χ4v) is 14.7. The summed E-state index contributed by atoms with van der Waals surface area (Å²) in [6.07, 6.45) is 5.34. The lowest BCUT2D eigenvalue weighted by Gasteiger charge is -2.43. The van der Waals surface area contributed by atoms with E-state index in [1.54, 1.807) is 21.2 Å². The van der Waals surface area contributed by atoms with Crippen molar-refractivity contribution >= 4 is 37.1 Å². The molecule has 208 valence electrons. The monoisotopic (exact) mass is 564 g/mol. The zero-order valence-corrected chi connectivity index (χ0v) is 27.6. The molecule has 0 spiro atoms. The number of rotatable bonds is 6. The van der Waals surface area contributed by atoms with E-state index < -0.39 is 15.8 Å². The van der Waals surface area contributed by atoms with Gasteiger partial charge >= 0.3 is 0 Å². The van der Waals surface area contributed by atoms with Crippen LogP contribution in [0.1, 0.15) is 70.2 Å². The first-order valence-corrected chi connectivity index (χ1v) is 17.8. The van der Waals surface area contributed by atoms with Gasteiger partial charge in [-0.25, -0.2) is 0 Å². The molecular formula is C38H46P2. The fraction of sp³-hybridized carbons (Fsp3) is 0.368. The van der Waals surface area contributed by atoms with Crippen LogP contribution in [0.3, 0.4) is 0 Å². The smallest absolute Gasteiger partial charge is 0.00551 e. The molecule has 0 heterocycles. The zero-order chi connectivity index (χ0) is 28.6. The van der Waals surface area contributed by atoms with Crippen molar-refractivity contribution in [3.63, 3.8) is 0 Å². The van der Waals surface area contributed by atoms with E-state index >= 15 is 0 Å². The summed E-state index contributed by atoms with van der Waals surface area (Å²) in [6, 6.07) is 29.5. The molecule has 1 aliphatic rings. The normalized spacial score (nSPS) is 17.6. The van der Waals surface area contributed by atoms with Crippen molar-refractivity contribution in [3.8, 4) is 0 Å². The second kappa shape index (κ2) is 12.3. The molecule has 0 unspecified atom stereocenters. The number of aryl methyl sites for hydroxylation is 8. The maximum atomic E-state index is 2.51. The molecule has 1 aliphatic carbocycles. The summed E-state index contributed by atoms with van der Waals surface area (Å²) < 4.78 is 0. The standard InChI is InChI=1S/C38H46P2/c1-25-13-26(2)18-33(17-25)39(34-19-27(3)14-28(4)20-34)37-11-9-10-12-38(37)40(35-21-29(5)15-30(6)22-35)36-23-31(7)16-32(8)24-36/h13-24,37-38H,9-12H2,1-8H3/t37-,38-/m0/s1. The summed E-state index contributed by atoms with van der Waals surface area (Å²) >= 11 is 0. The number of benzene rings is 4. The van der Waals surface area contributed by atoms with Crippen molar-refractivity contribution in [1.29, 1.82) is 0 Å². The molecule has 0 radical (unpaired) electrons. The van der Waals surface area contributed by atoms with Crippen LogP contribution in [0.25, 0.3) is 0 Å². The Labute approximate surface area is 246 Å². The van der Waals surface area contributed by atoms with Crippen LogP contribution in [0.2, 0.25) is 0 Å². The van der Waals surface area contributed by atoms with Crippen molar-refractivity contribution < 1.29 is 0 Å². The van der Waals surface area contributed by atoms with Gasteiger partial charge in [0.2, 0.25) is 0 Å². The Hall–Kier alpha value is -2.26. The van der Waals surface area contributed by atoms with Crippen molar-refractivity contribution in [2.24, 2.45) is 0 Å². The Kier molecular flexibility index (Phi) is 9.00. The topological polar surface area (TPSA) is 0 Å². The van der Waals surface area contributed by atoms with E-state index in [4.69, 9.17) is 0 Å². The van der Waals surface area contributed by atoms with E-state index in [9.17, 15) is 0 Å². The summed E-state index contributed by atoms with van der Waals surface area (Å²) in [5.74, 6) is 0. The first-order chi connectivity index (χ1) is 19.1. The molecule has 2 heteroatoms. The van der Waals surface area contributed by atoms with E-state index in [2.05, 4.69) is 128 Å². The van der Waals surface area contributed by atoms with Gasteiger partial charge in [-0.15, -0.1) is 0 Å². The first kappa shape index (κ1) is 29.2. The van der Waals surface area contributed by atoms with Gasteiger partial charge in [-0.05, 0) is 117 Å². The van der Waals surface area contributed by atoms with Gasteiger partial charge in [0, 0.05) is 0 Å². The van der Waals surface area contributed by atoms with Gasteiger partial charge in [0.1, 0.15) is 0 Å². The van der Waals surface area contributed by atoms with Crippen LogP contribution in [-0.4, -0.2) is 11.3 Å². The molecule has 1 fully saturated rings. The molecule has 4 aromatic rings. The molecule has 1 saturated carbocycles. The molecule has 0 aliphatic heterocycles. The Bertz CT molecular complexity index is 1220. The Morgan fingerprint density at radius 2 is 0.550 bits per heavy atom. The second-order valence-electron chi connectivity index (χ2n) is 12.5. The van der Waals surface area contributed by atoms with Gasteiger partial charge in [-0.1, -0.05) is 130 Å². The van der Waals surface area contributed by atoms with Gasteiger partial charge in [-0.3, -0.25) is 0 Å². The van der Waals surface area contributed by atoms with Crippen molar-refractivity contribution in [3.05, 3.63) is 117 Å². The molecule has 0 N–H and O–H groups in total. The largest absolute Gasteiger partial charge is 0.0563 e. The van der Waals surface area contributed by atoms with Gasteiger partial charge < -0.3 is 0 Å². The van der Waals surface area contributed by atoms with Gasteiger partial charge in [0.25, 0.3) is 0 Å². The lowest BCUT2D eigenvalue weighted by molar-refractivity contribution is 0.521. The highest BCUT2D eigenvalue weighted by Gasteiger charge is 2.39. The Morgan fingerprint density at radius 1 is 0.350 bits per heavy atom. The lowest BCUT2D eigenvalue weighted by Crippen LogP contribution is -2.38. The average Bonchev–Trinajstić information content (AvgIpc) is 2.83. The average molecular weight is 565 g/mol. The molecular weight excluding hydrogens is 518 g/mol. The third-order valence-electron chi connectivity index (χ3n) is 8.30. The molecule has 4 aromatic carbocycles. The summed E-state index contributed by atoms with van der Waals surface area (Å²) in [6.45, 7) is 18.2. The molecule has 0 nitrogen and oxygen atoms in total. The van der Waals surface area contributed by atoms with E-state index in [-0.39, 0.29) is 0 Å². The highest BCUT2D eigenvalue weighted by molar-refractivity contribution is 7.77. The summed E-state index contributed by atoms with van der Waals surface area (Å²) in [4.78, 5) is 0. The quantitative estimate of drug-likeness (QED) is 0.205. The maximum absolute atomic E-state index is 2.51. The van der Waals surface area contributed by atoms with Crippen LogP contribution >= 0.6 is 15.8 Å². The maximum Gasteiger partial charge on any atom is -0.00551 e. The molecule has 0 aromatic heterocycles. The summed E-state index contributed by atoms with van der Waals surface area (Å²) in [7, 11) is -1.00. The van der Waals surface area contributed by atoms with Gasteiger partial charge in [-0.2, -0.15) is 0 Å². The van der Waals surface area contributed by atoms with Gasteiger partial charge in [0.15, 0.2) is 0 Å². The van der Waals surface area contributed by atoms with Crippen LogP contribution in [0.4, 0.5) is 0 Å². The fourth-order valence-electron chi connectivity index (χ4n) is 7.12. The third-order valence-corrected chi connectivity index (χ3v) is 14.4. The third kappa shape index (κ3) is 6.62. The predicted molar refractivity (Wildman–Crippen MR) is 182 cm³/mol. The summed E-state index contributed by atoms with van der Waals surface area (Å²) in [5, 5.41) is 6.30. The van der Waals surface area contributed by atoms with Crippen molar-refractivity contribution in [2.75, 3.05) is 0 Å². The molecule has 40 heavy (non-hydrogen) atoms. The zero-order valence-electron chi connectivity index (χ0n) is 25.8. The molecule has 0 saturated heterocycles. The molecule has 2 atom stereocenters. The van der Waals surface area contributed by atoms with Gasteiger partial charge in [0.05, 0.1) is 0 Å². The Morgan fingerprint density at radius 3 is 0.750 bits per heavy atom. The minimum Gasteiger partial charge on any atom is -0.0563 e. The van der Waals surface area contributed by atoms with Crippen molar-refractivity contribution in [2.45, 2.75) is 92.4 Å². The van der Waals surface area contributed by atoms with E-state index in [0.717, 1.165) is 0 Å². The number of hydrogen-bond acceptors (Lipinski definition) is 0. The minimum absolute atomic E-state index is 0.501. The first-order valence-electron chi connectivity index (χ1n) is 15.0. The van der Waals surface area contributed by atoms with E-state index in [0.29, 0.717) is 11.3 Å². The van der Waals surface area contributed by atoms with Crippen molar-refractivity contribution in [1.82, 2.24) is 0 Å². The van der Waals surface area contributed by atoms with Crippen LogP contribution in [0.5, 0.6) is 0 Å².